The molecule has 0 saturated heterocycles. The summed E-state index contributed by atoms with van der Waals surface area (Å²) >= 11 is 11.5. The van der Waals surface area contributed by atoms with E-state index < -0.39 is 58.1 Å². The molecule has 14 heteroatoms. The summed E-state index contributed by atoms with van der Waals surface area (Å²) in [5.41, 5.74) is -1.55. The summed E-state index contributed by atoms with van der Waals surface area (Å²) in [5.74, 6) is -2.95. The fourth-order valence-corrected chi connectivity index (χ4v) is 4.26. The van der Waals surface area contributed by atoms with Crippen molar-refractivity contribution < 1.29 is 45.2 Å². The van der Waals surface area contributed by atoms with Crippen molar-refractivity contribution >= 4 is 51.9 Å². The van der Waals surface area contributed by atoms with Gasteiger partial charge in [-0.05, 0) is 35.4 Å². The Labute approximate surface area is 226 Å². The van der Waals surface area contributed by atoms with Crippen LogP contribution in [-0.4, -0.2) is 36.8 Å². The number of rotatable bonds is 5. The van der Waals surface area contributed by atoms with Crippen molar-refractivity contribution in [2.24, 2.45) is 5.16 Å². The number of fused-ring (bicyclic) bond motifs is 1. The number of benzene rings is 3. The maximum Gasteiger partial charge on any atom is 0.451 e. The van der Waals surface area contributed by atoms with Crippen molar-refractivity contribution in [3.63, 3.8) is 0 Å². The van der Waals surface area contributed by atoms with Crippen LogP contribution in [0.15, 0.2) is 53.7 Å². The van der Waals surface area contributed by atoms with Crippen LogP contribution in [0.25, 0.3) is 10.8 Å². The molecule has 0 aromatic heterocycles. The molecule has 1 N–H and O–H groups in total. The molecule has 1 aliphatic heterocycles. The van der Waals surface area contributed by atoms with E-state index >= 15 is 0 Å². The van der Waals surface area contributed by atoms with E-state index in [1.54, 1.807) is 17.4 Å². The quantitative estimate of drug-likeness (QED) is 0.195. The number of nitrogens with zero attached hydrogens (tertiary/aromatic N) is 1. The molecule has 0 radical (unpaired) electrons. The molecular formula is C25H17Cl2F7N2O3. The van der Waals surface area contributed by atoms with E-state index in [0.717, 1.165) is 28.5 Å². The van der Waals surface area contributed by atoms with E-state index in [-0.39, 0.29) is 12.1 Å². The number of ketones is 1. The molecule has 0 spiro atoms. The Bertz CT molecular complexity index is 1420. The number of Topliss-reactive ketones (excluding diaryl/α,β-unsaturated/α-hetero) is 1. The first-order valence-electron chi connectivity index (χ1n) is 10.8. The fourth-order valence-electron chi connectivity index (χ4n) is 3.77. The summed E-state index contributed by atoms with van der Waals surface area (Å²) < 4.78 is 90.0. The third kappa shape index (κ3) is 6.27. The first kappa shape index (κ1) is 30.2. The number of aryl methyl sites for hydroxylation is 1. The number of alkyl halides is 6. The molecule has 1 amide bonds. The van der Waals surface area contributed by atoms with Gasteiger partial charge in [-0.2, -0.15) is 26.3 Å². The van der Waals surface area contributed by atoms with E-state index in [4.69, 9.17) is 28.0 Å². The van der Waals surface area contributed by atoms with Crippen molar-refractivity contribution in [3.05, 3.63) is 81.1 Å². The maximum atomic E-state index is 14.2. The second-order valence-electron chi connectivity index (χ2n) is 8.28. The van der Waals surface area contributed by atoms with Gasteiger partial charge < -0.3 is 10.2 Å². The van der Waals surface area contributed by atoms with Crippen molar-refractivity contribution in [2.75, 3.05) is 6.54 Å². The number of amides is 1. The minimum absolute atomic E-state index is 0.0314. The van der Waals surface area contributed by atoms with E-state index in [1.165, 1.54) is 0 Å². The van der Waals surface area contributed by atoms with Crippen molar-refractivity contribution in [1.29, 1.82) is 0 Å². The van der Waals surface area contributed by atoms with Gasteiger partial charge in [0.15, 0.2) is 5.82 Å². The highest BCUT2D eigenvalue weighted by molar-refractivity contribution is 6.35. The maximum absolute atomic E-state index is 14.2. The number of carbonyl (C=O) groups excluding carboxylic acids is 2. The van der Waals surface area contributed by atoms with Crippen LogP contribution in [0.3, 0.4) is 0 Å². The van der Waals surface area contributed by atoms with Crippen LogP contribution < -0.4 is 5.32 Å². The number of nitrogens with one attached hydrogen (secondary N) is 1. The molecule has 1 atom stereocenters. The summed E-state index contributed by atoms with van der Waals surface area (Å²) in [6.45, 7) is 0.925. The van der Waals surface area contributed by atoms with Gasteiger partial charge in [0.1, 0.15) is 0 Å². The van der Waals surface area contributed by atoms with Crippen LogP contribution in [0.4, 0.5) is 30.7 Å². The smallest absolute Gasteiger partial charge is 0.374 e. The summed E-state index contributed by atoms with van der Waals surface area (Å²) in [4.78, 5) is 24.3. The Balaban J connectivity index is 0.000000360. The molecule has 0 fully saturated rings. The van der Waals surface area contributed by atoms with E-state index in [9.17, 15) is 40.3 Å². The zero-order valence-electron chi connectivity index (χ0n) is 19.7. The van der Waals surface area contributed by atoms with Gasteiger partial charge >= 0.3 is 12.4 Å². The molecule has 1 unspecified atom stereocenters. The average molecular weight is 597 g/mol. The largest absolute Gasteiger partial charge is 0.451 e. The normalized spacial score (nSPS) is 17.1. The Kier molecular flexibility index (Phi) is 8.81. The van der Waals surface area contributed by atoms with Crippen LogP contribution in [-0.2, 0) is 20.0 Å². The van der Waals surface area contributed by atoms with E-state index in [1.807, 2.05) is 31.2 Å². The molecule has 1 aliphatic rings. The third-order valence-corrected chi connectivity index (χ3v) is 6.30. The number of hydrogen-bond donors (Lipinski definition) is 1. The first-order chi connectivity index (χ1) is 18.1. The van der Waals surface area contributed by atoms with E-state index in [2.05, 4.69) is 5.16 Å². The molecule has 5 nitrogen and oxygen atoms in total. The van der Waals surface area contributed by atoms with Crippen LogP contribution in [0.1, 0.15) is 23.1 Å². The topological polar surface area (TPSA) is 67.8 Å². The zero-order valence-corrected chi connectivity index (χ0v) is 21.2. The molecule has 1 heterocycles. The predicted molar refractivity (Wildman–Crippen MR) is 130 cm³/mol. The van der Waals surface area contributed by atoms with Crippen molar-refractivity contribution in [2.45, 2.75) is 31.3 Å². The monoisotopic (exact) mass is 596 g/mol. The first-order valence-corrected chi connectivity index (χ1v) is 11.6. The summed E-state index contributed by atoms with van der Waals surface area (Å²) in [5, 5.41) is 6.02. The summed E-state index contributed by atoms with van der Waals surface area (Å²) in [6, 6.07) is 12.7. The predicted octanol–water partition coefficient (Wildman–Crippen LogP) is 7.04. The average Bonchev–Trinajstić information content (AvgIpc) is 3.32. The van der Waals surface area contributed by atoms with Crippen LogP contribution in [0, 0.1) is 12.7 Å². The highest BCUT2D eigenvalue weighted by Gasteiger charge is 2.62. The van der Waals surface area contributed by atoms with Gasteiger partial charge in [0.25, 0.3) is 11.4 Å². The lowest BCUT2D eigenvalue weighted by Crippen LogP contribution is -2.42. The second-order valence-corrected chi connectivity index (χ2v) is 9.09. The van der Waals surface area contributed by atoms with Crippen molar-refractivity contribution in [3.8, 4) is 0 Å². The molecule has 39 heavy (non-hydrogen) atoms. The summed E-state index contributed by atoms with van der Waals surface area (Å²) in [7, 11) is 0. The molecule has 0 bridgehead atoms. The Hall–Kier alpha value is -3.38. The SMILES string of the molecule is Cc1ccc(C2=NOC(c3cc(Cl)c(F)c(Cl)c3)(C(F)(F)F)C2)c2ccccc12.O=CNCC(=O)C(F)(F)F. The minimum Gasteiger partial charge on any atom is -0.374 e. The van der Waals surface area contributed by atoms with Gasteiger partial charge in [0, 0.05) is 17.5 Å². The van der Waals surface area contributed by atoms with Crippen LogP contribution >= 0.6 is 23.2 Å². The van der Waals surface area contributed by atoms with Gasteiger partial charge in [-0.3, -0.25) is 9.59 Å². The van der Waals surface area contributed by atoms with Crippen molar-refractivity contribution in [1.82, 2.24) is 5.32 Å². The number of carbonyl (C=O) groups is 2. The standard InChI is InChI=1S/C21H13Cl2F4NO.C4H4F3NO2/c1-11-6-7-15(14-5-3-2-4-13(11)14)18-10-20(29-28-18,21(25,26)27)12-8-16(22)19(24)17(23)9-12;5-4(6,7)3(10)1-8-2-9/h2-9H,10H2,1H3;2H,1H2,(H,8,9). The van der Waals surface area contributed by atoms with Gasteiger partial charge in [-0.25, -0.2) is 4.39 Å². The highest BCUT2D eigenvalue weighted by Crippen LogP contribution is 2.50. The molecule has 0 aliphatic carbocycles. The van der Waals surface area contributed by atoms with Gasteiger partial charge in [-0.15, -0.1) is 0 Å². The van der Waals surface area contributed by atoms with Crippen LogP contribution in [0.5, 0.6) is 0 Å². The number of halogens is 9. The molecule has 4 rings (SSSR count). The third-order valence-electron chi connectivity index (χ3n) is 5.75. The van der Waals surface area contributed by atoms with Gasteiger partial charge in [-0.1, -0.05) is 64.8 Å². The molecule has 208 valence electrons. The van der Waals surface area contributed by atoms with Crippen LogP contribution in [0.2, 0.25) is 10.0 Å². The Morgan fingerprint density at radius 3 is 2.18 bits per heavy atom. The minimum atomic E-state index is -4.85. The molecular weight excluding hydrogens is 580 g/mol. The molecule has 3 aromatic carbocycles. The molecule has 3 aromatic rings. The van der Waals surface area contributed by atoms with E-state index in [0.29, 0.717) is 5.56 Å². The fraction of sp³-hybridized carbons (Fsp3) is 0.240. The number of oxime groups is 1. The van der Waals surface area contributed by atoms with Gasteiger partial charge in [0.2, 0.25) is 6.41 Å². The molecule has 0 saturated carbocycles. The highest BCUT2D eigenvalue weighted by atomic mass is 35.5. The Morgan fingerprint density at radius 2 is 1.64 bits per heavy atom. The summed E-state index contributed by atoms with van der Waals surface area (Å²) in [6.07, 6.45) is -10.3. The Morgan fingerprint density at radius 1 is 1.05 bits per heavy atom. The lowest BCUT2D eigenvalue weighted by Gasteiger charge is -2.29. The zero-order chi connectivity index (χ0) is 29.2. The second kappa shape index (κ2) is 11.4. The lowest BCUT2D eigenvalue weighted by molar-refractivity contribution is -0.275. The lowest BCUT2D eigenvalue weighted by atomic mass is 9.85. The number of hydrogen-bond acceptors (Lipinski definition) is 4. The van der Waals surface area contributed by atoms with Gasteiger partial charge in [0.05, 0.1) is 22.3 Å².